The molecule has 186 valence electrons. The highest BCUT2D eigenvalue weighted by molar-refractivity contribution is 4.81. The molecule has 0 aromatic carbocycles. The summed E-state index contributed by atoms with van der Waals surface area (Å²) in [6.07, 6.45) is 35.9. The Kier molecular flexibility index (Phi) is 27.5. The Labute approximate surface area is 198 Å². The van der Waals surface area contributed by atoms with Gasteiger partial charge < -0.3 is 4.90 Å². The number of hydrogen-bond acceptors (Lipinski definition) is 1. The van der Waals surface area contributed by atoms with Crippen LogP contribution in [0.5, 0.6) is 0 Å². The van der Waals surface area contributed by atoms with Gasteiger partial charge in [-0.15, -0.1) is 0 Å². The lowest BCUT2D eigenvalue weighted by molar-refractivity contribution is 0.259. The van der Waals surface area contributed by atoms with Crippen LogP contribution in [0.4, 0.5) is 0 Å². The van der Waals surface area contributed by atoms with Crippen LogP contribution in [0.15, 0.2) is 12.2 Å². The molecular weight excluding hydrogens is 374 g/mol. The van der Waals surface area contributed by atoms with Gasteiger partial charge in [0.15, 0.2) is 0 Å². The molecule has 1 heteroatoms. The highest BCUT2D eigenvalue weighted by atomic mass is 15.1. The third-order valence-corrected chi connectivity index (χ3v) is 6.64. The molecule has 0 N–H and O–H groups in total. The quantitative estimate of drug-likeness (QED) is 0.0964. The number of rotatable bonds is 26. The van der Waals surface area contributed by atoms with Crippen molar-refractivity contribution >= 4 is 0 Å². The molecule has 0 aliphatic heterocycles. The smallest absolute Gasteiger partial charge is 0.00187 e. The Balaban J connectivity index is 3.29. The van der Waals surface area contributed by atoms with Gasteiger partial charge in [0.2, 0.25) is 0 Å². The average Bonchev–Trinajstić information content (AvgIpc) is 2.79. The Morgan fingerprint density at radius 2 is 0.677 bits per heavy atom. The first-order chi connectivity index (χ1) is 15.3. The van der Waals surface area contributed by atoms with Crippen LogP contribution in [0.25, 0.3) is 0 Å². The minimum Gasteiger partial charge on any atom is -0.303 e. The van der Waals surface area contributed by atoms with E-state index in [1.807, 2.05) is 0 Å². The van der Waals surface area contributed by atoms with E-state index >= 15 is 0 Å². The molecule has 0 aliphatic rings. The van der Waals surface area contributed by atoms with E-state index in [0.29, 0.717) is 0 Å². The van der Waals surface area contributed by atoms with Gasteiger partial charge in [0.25, 0.3) is 0 Å². The number of nitrogens with zero attached hydrogens (tertiary/aromatic N) is 1. The maximum atomic E-state index is 2.71. The van der Waals surface area contributed by atoms with Crippen molar-refractivity contribution in [3.8, 4) is 0 Å². The Bertz CT molecular complexity index is 327. The fraction of sp³-hybridized carbons (Fsp3) is 0.933. The van der Waals surface area contributed by atoms with Gasteiger partial charge in [0.1, 0.15) is 0 Å². The van der Waals surface area contributed by atoms with Crippen LogP contribution in [0.3, 0.4) is 0 Å². The predicted molar refractivity (Wildman–Crippen MR) is 144 cm³/mol. The molecule has 1 nitrogen and oxygen atoms in total. The van der Waals surface area contributed by atoms with Gasteiger partial charge in [0, 0.05) is 0 Å². The molecule has 0 aliphatic carbocycles. The lowest BCUT2D eigenvalue weighted by atomic mass is 10.1. The minimum atomic E-state index is 1.31. The van der Waals surface area contributed by atoms with Gasteiger partial charge in [-0.1, -0.05) is 129 Å². The van der Waals surface area contributed by atoms with Crippen molar-refractivity contribution in [2.45, 2.75) is 162 Å². The summed E-state index contributed by atoms with van der Waals surface area (Å²) in [7, 11) is 0. The van der Waals surface area contributed by atoms with E-state index in [1.165, 1.54) is 161 Å². The van der Waals surface area contributed by atoms with Gasteiger partial charge in [-0.3, -0.25) is 0 Å². The molecule has 0 spiro atoms. The Morgan fingerprint density at radius 1 is 0.355 bits per heavy atom. The normalized spacial score (nSPS) is 11.9. The van der Waals surface area contributed by atoms with Crippen LogP contribution in [0, 0.1) is 0 Å². The molecule has 0 saturated heterocycles. The third kappa shape index (κ3) is 25.8. The van der Waals surface area contributed by atoms with Gasteiger partial charge in [-0.05, 0) is 64.6 Å². The summed E-state index contributed by atoms with van der Waals surface area (Å²) in [5.74, 6) is 0. The highest BCUT2D eigenvalue weighted by Crippen LogP contribution is 2.12. The molecule has 0 radical (unpaired) electrons. The molecule has 0 heterocycles. The Hall–Kier alpha value is -0.300. The van der Waals surface area contributed by atoms with Crippen LogP contribution in [0.1, 0.15) is 162 Å². The summed E-state index contributed by atoms with van der Waals surface area (Å²) in [5, 5.41) is 0. The first kappa shape index (κ1) is 30.7. The lowest BCUT2D eigenvalue weighted by Gasteiger charge is -2.21. The van der Waals surface area contributed by atoms with Crippen molar-refractivity contribution in [1.29, 1.82) is 0 Å². The molecule has 31 heavy (non-hydrogen) atoms. The average molecular weight is 436 g/mol. The molecule has 0 aromatic heterocycles. The fourth-order valence-electron chi connectivity index (χ4n) is 4.39. The van der Waals surface area contributed by atoms with Crippen molar-refractivity contribution in [3.05, 3.63) is 12.2 Å². The summed E-state index contributed by atoms with van der Waals surface area (Å²) in [6, 6.07) is 0. The second-order valence-corrected chi connectivity index (χ2v) is 9.90. The fourth-order valence-corrected chi connectivity index (χ4v) is 4.39. The van der Waals surface area contributed by atoms with Crippen molar-refractivity contribution in [2.24, 2.45) is 0 Å². The van der Waals surface area contributed by atoms with Crippen molar-refractivity contribution in [3.63, 3.8) is 0 Å². The zero-order valence-electron chi connectivity index (χ0n) is 22.3. The van der Waals surface area contributed by atoms with E-state index in [-0.39, 0.29) is 0 Å². The molecule has 0 fully saturated rings. The van der Waals surface area contributed by atoms with E-state index in [2.05, 4.69) is 37.8 Å². The summed E-state index contributed by atoms with van der Waals surface area (Å²) in [4.78, 5) is 2.71. The Morgan fingerprint density at radius 3 is 1.10 bits per heavy atom. The summed E-state index contributed by atoms with van der Waals surface area (Å²) in [5.41, 5.74) is 0. The van der Waals surface area contributed by atoms with E-state index in [1.54, 1.807) is 0 Å². The van der Waals surface area contributed by atoms with Gasteiger partial charge in [0.05, 0.1) is 0 Å². The third-order valence-electron chi connectivity index (χ3n) is 6.64. The molecular formula is C30H61N. The second-order valence-electron chi connectivity index (χ2n) is 9.90. The van der Waals surface area contributed by atoms with Crippen molar-refractivity contribution in [2.75, 3.05) is 19.6 Å². The molecule has 0 bridgehead atoms. The van der Waals surface area contributed by atoms with Crippen LogP contribution in [0.2, 0.25) is 0 Å². The lowest BCUT2D eigenvalue weighted by Crippen LogP contribution is -2.27. The molecule has 0 saturated carbocycles. The van der Waals surface area contributed by atoms with E-state index < -0.39 is 0 Å². The molecule has 0 rings (SSSR count). The molecule has 0 amide bonds. The van der Waals surface area contributed by atoms with Crippen molar-refractivity contribution < 1.29 is 0 Å². The largest absolute Gasteiger partial charge is 0.303 e. The predicted octanol–water partition coefficient (Wildman–Crippen LogP) is 10.5. The first-order valence-corrected chi connectivity index (χ1v) is 14.7. The number of hydrogen-bond donors (Lipinski definition) is 0. The van der Waals surface area contributed by atoms with Gasteiger partial charge in [-0.2, -0.15) is 0 Å². The van der Waals surface area contributed by atoms with Crippen LogP contribution < -0.4 is 0 Å². The standard InChI is InChI=1S/C30H61N/c1-4-7-10-11-12-13-14-15-16-17-18-19-20-21-22-23-24-25-26-27-30-31(28-8-5-2)29-9-6-3/h19-20H,4-18,21-30H2,1-3H3/b20-19-. The molecule has 0 unspecified atom stereocenters. The SMILES string of the molecule is CCCCCCCCCCCC/C=C\CCCCCCCCN(CCCC)CCCC. The van der Waals surface area contributed by atoms with Crippen molar-refractivity contribution in [1.82, 2.24) is 4.90 Å². The minimum absolute atomic E-state index is 1.31. The van der Waals surface area contributed by atoms with E-state index in [4.69, 9.17) is 0 Å². The van der Waals surface area contributed by atoms with E-state index in [0.717, 1.165) is 0 Å². The molecule has 0 aromatic rings. The van der Waals surface area contributed by atoms with Gasteiger partial charge in [-0.25, -0.2) is 0 Å². The second kappa shape index (κ2) is 27.7. The zero-order valence-corrected chi connectivity index (χ0v) is 22.3. The zero-order chi connectivity index (χ0) is 22.7. The number of allylic oxidation sites excluding steroid dienone is 2. The number of unbranched alkanes of at least 4 members (excludes halogenated alkanes) is 18. The maximum absolute atomic E-state index is 2.71. The summed E-state index contributed by atoms with van der Waals surface area (Å²) >= 11 is 0. The maximum Gasteiger partial charge on any atom is -0.00187 e. The van der Waals surface area contributed by atoms with Crippen LogP contribution in [-0.2, 0) is 0 Å². The monoisotopic (exact) mass is 435 g/mol. The van der Waals surface area contributed by atoms with E-state index in [9.17, 15) is 0 Å². The molecule has 0 atom stereocenters. The first-order valence-electron chi connectivity index (χ1n) is 14.7. The summed E-state index contributed by atoms with van der Waals surface area (Å²) in [6.45, 7) is 10.9. The topological polar surface area (TPSA) is 3.24 Å². The van der Waals surface area contributed by atoms with Gasteiger partial charge >= 0.3 is 0 Å². The highest BCUT2D eigenvalue weighted by Gasteiger charge is 2.03. The summed E-state index contributed by atoms with van der Waals surface area (Å²) < 4.78 is 0. The van der Waals surface area contributed by atoms with Crippen LogP contribution in [-0.4, -0.2) is 24.5 Å². The van der Waals surface area contributed by atoms with Crippen LogP contribution >= 0.6 is 0 Å².